The van der Waals surface area contributed by atoms with Crippen LogP contribution in [0, 0.1) is 0 Å². The molecule has 0 unspecified atom stereocenters. The van der Waals surface area contributed by atoms with Crippen molar-refractivity contribution in [1.29, 1.82) is 0 Å². The summed E-state index contributed by atoms with van der Waals surface area (Å²) >= 11 is 3.30. The van der Waals surface area contributed by atoms with Crippen molar-refractivity contribution in [2.75, 3.05) is 5.32 Å². The number of nitrogens with one attached hydrogen (secondary N) is 1. The molecule has 0 saturated heterocycles. The first kappa shape index (κ1) is 18.9. The molecule has 138 valence electrons. The van der Waals surface area contributed by atoms with Gasteiger partial charge in [-0.3, -0.25) is 9.78 Å². The van der Waals surface area contributed by atoms with Crippen LogP contribution in [0.15, 0.2) is 71.5 Å². The third-order valence-corrected chi connectivity index (χ3v) is 3.95. The van der Waals surface area contributed by atoms with Crippen molar-refractivity contribution in [2.45, 2.75) is 6.18 Å². The van der Waals surface area contributed by atoms with Crippen LogP contribution >= 0.6 is 15.9 Å². The van der Waals surface area contributed by atoms with Gasteiger partial charge in [0, 0.05) is 28.0 Å². The molecule has 27 heavy (non-hydrogen) atoms. The minimum absolute atomic E-state index is 0.0553. The molecule has 1 amide bonds. The second kappa shape index (κ2) is 7.79. The highest BCUT2D eigenvalue weighted by molar-refractivity contribution is 9.10. The second-order valence-electron chi connectivity index (χ2n) is 5.50. The van der Waals surface area contributed by atoms with Crippen LogP contribution in [0.3, 0.4) is 0 Å². The second-order valence-corrected chi connectivity index (χ2v) is 6.42. The third-order valence-electron chi connectivity index (χ3n) is 3.45. The molecule has 2 aromatic carbocycles. The Labute approximate surface area is 161 Å². The van der Waals surface area contributed by atoms with Crippen LogP contribution < -0.4 is 10.1 Å². The number of pyridine rings is 1. The molecule has 1 N–H and O–H groups in total. The van der Waals surface area contributed by atoms with E-state index in [-0.39, 0.29) is 17.4 Å². The van der Waals surface area contributed by atoms with Gasteiger partial charge in [-0.2, -0.15) is 13.2 Å². The molecule has 0 bridgehead atoms. The first-order chi connectivity index (χ1) is 12.8. The van der Waals surface area contributed by atoms with E-state index in [0.717, 1.165) is 16.7 Å². The van der Waals surface area contributed by atoms with Gasteiger partial charge in [-0.05, 0) is 36.4 Å². The highest BCUT2D eigenvalue weighted by Gasteiger charge is 2.31. The fourth-order valence-corrected chi connectivity index (χ4v) is 2.64. The number of hydrogen-bond donors (Lipinski definition) is 1. The predicted octanol–water partition coefficient (Wildman–Crippen LogP) is 5.91. The van der Waals surface area contributed by atoms with Crippen molar-refractivity contribution in [3.63, 3.8) is 0 Å². The first-order valence-electron chi connectivity index (χ1n) is 7.68. The number of hydrogen-bond acceptors (Lipinski definition) is 3. The summed E-state index contributed by atoms with van der Waals surface area (Å²) in [5.74, 6) is -0.113. The molecule has 0 aliphatic rings. The van der Waals surface area contributed by atoms with E-state index >= 15 is 0 Å². The Bertz CT molecular complexity index is 977. The van der Waals surface area contributed by atoms with E-state index in [1.165, 1.54) is 12.3 Å². The predicted molar refractivity (Wildman–Crippen MR) is 97.9 cm³/mol. The van der Waals surface area contributed by atoms with Crippen molar-refractivity contribution in [2.24, 2.45) is 0 Å². The van der Waals surface area contributed by atoms with Gasteiger partial charge in [0.15, 0.2) is 0 Å². The normalized spacial score (nSPS) is 11.1. The van der Waals surface area contributed by atoms with Crippen molar-refractivity contribution in [3.05, 3.63) is 82.6 Å². The summed E-state index contributed by atoms with van der Waals surface area (Å²) in [6.07, 6.45) is -2.60. The van der Waals surface area contributed by atoms with Gasteiger partial charge in [-0.15, -0.1) is 0 Å². The number of carbonyl (C=O) groups excluding carboxylic acids is 1. The lowest BCUT2D eigenvalue weighted by Crippen LogP contribution is -2.11. The SMILES string of the molecule is O=C(Nc1cccc(Oc2cncc(C(F)(F)F)c2)c1)c1cccc(Br)c1. The number of alkyl halides is 3. The Morgan fingerprint density at radius 1 is 1.00 bits per heavy atom. The van der Waals surface area contributed by atoms with E-state index in [4.69, 9.17) is 4.74 Å². The summed E-state index contributed by atoms with van der Waals surface area (Å²) in [5, 5.41) is 2.71. The van der Waals surface area contributed by atoms with Gasteiger partial charge in [0.1, 0.15) is 11.5 Å². The molecule has 1 aromatic heterocycles. The molecule has 0 saturated carbocycles. The quantitative estimate of drug-likeness (QED) is 0.553. The maximum atomic E-state index is 12.8. The summed E-state index contributed by atoms with van der Waals surface area (Å²) in [7, 11) is 0. The minimum atomic E-state index is -4.51. The Kier molecular flexibility index (Phi) is 5.46. The number of carbonyl (C=O) groups is 1. The van der Waals surface area contributed by atoms with Gasteiger partial charge in [0.25, 0.3) is 5.91 Å². The molecule has 0 atom stereocenters. The molecule has 0 spiro atoms. The maximum absolute atomic E-state index is 12.8. The number of amides is 1. The summed E-state index contributed by atoms with van der Waals surface area (Å²) in [4.78, 5) is 15.8. The average molecular weight is 437 g/mol. The smallest absolute Gasteiger partial charge is 0.418 e. The standard InChI is InChI=1S/C19H12BrF3N2O2/c20-14-4-1-3-12(7-14)18(26)25-15-5-2-6-16(9-15)27-17-8-13(10-24-11-17)19(21,22)23/h1-11H,(H,25,26). The van der Waals surface area contributed by atoms with E-state index in [1.807, 2.05) is 0 Å². The van der Waals surface area contributed by atoms with E-state index < -0.39 is 11.7 Å². The molecule has 1 heterocycles. The molecule has 3 aromatic rings. The number of benzene rings is 2. The number of aromatic nitrogens is 1. The Balaban J connectivity index is 1.75. The molecular formula is C19H12BrF3N2O2. The van der Waals surface area contributed by atoms with Gasteiger partial charge in [0.2, 0.25) is 0 Å². The van der Waals surface area contributed by atoms with Crippen molar-refractivity contribution in [1.82, 2.24) is 4.98 Å². The van der Waals surface area contributed by atoms with Crippen molar-refractivity contribution < 1.29 is 22.7 Å². The summed E-state index contributed by atoms with van der Waals surface area (Å²) in [6, 6.07) is 14.1. The van der Waals surface area contributed by atoms with E-state index in [9.17, 15) is 18.0 Å². The topological polar surface area (TPSA) is 51.2 Å². The number of rotatable bonds is 4. The van der Waals surface area contributed by atoms with E-state index in [2.05, 4.69) is 26.2 Å². The highest BCUT2D eigenvalue weighted by Crippen LogP contribution is 2.32. The Hall–Kier alpha value is -2.87. The lowest BCUT2D eigenvalue weighted by Gasteiger charge is -2.11. The largest absolute Gasteiger partial charge is 0.456 e. The zero-order valence-corrected chi connectivity index (χ0v) is 15.2. The first-order valence-corrected chi connectivity index (χ1v) is 8.48. The summed E-state index contributed by atoms with van der Waals surface area (Å²) in [5.41, 5.74) is -0.00528. The number of halogens is 4. The molecule has 3 rings (SSSR count). The zero-order valence-electron chi connectivity index (χ0n) is 13.6. The molecule has 0 aliphatic carbocycles. The lowest BCUT2D eigenvalue weighted by atomic mass is 10.2. The van der Waals surface area contributed by atoms with Gasteiger partial charge < -0.3 is 10.1 Å². The average Bonchev–Trinajstić information content (AvgIpc) is 2.61. The Morgan fingerprint density at radius 2 is 1.78 bits per heavy atom. The zero-order chi connectivity index (χ0) is 19.4. The lowest BCUT2D eigenvalue weighted by molar-refractivity contribution is -0.137. The molecule has 4 nitrogen and oxygen atoms in total. The van der Waals surface area contributed by atoms with Crippen LogP contribution in [0.4, 0.5) is 18.9 Å². The van der Waals surface area contributed by atoms with Crippen LogP contribution in [-0.4, -0.2) is 10.9 Å². The van der Waals surface area contributed by atoms with Gasteiger partial charge in [0.05, 0.1) is 11.8 Å². The molecule has 0 fully saturated rings. The van der Waals surface area contributed by atoms with Gasteiger partial charge in [-0.1, -0.05) is 28.1 Å². The van der Waals surface area contributed by atoms with Crippen LogP contribution in [0.5, 0.6) is 11.5 Å². The van der Waals surface area contributed by atoms with Gasteiger partial charge in [-0.25, -0.2) is 0 Å². The van der Waals surface area contributed by atoms with Crippen molar-refractivity contribution in [3.8, 4) is 11.5 Å². The number of nitrogens with zero attached hydrogens (tertiary/aromatic N) is 1. The summed E-state index contributed by atoms with van der Waals surface area (Å²) < 4.78 is 44.5. The third kappa shape index (κ3) is 5.07. The van der Waals surface area contributed by atoms with Crippen LogP contribution in [0.25, 0.3) is 0 Å². The van der Waals surface area contributed by atoms with Crippen LogP contribution in [0.2, 0.25) is 0 Å². The molecular weight excluding hydrogens is 425 g/mol. The summed E-state index contributed by atoms with van der Waals surface area (Å²) in [6.45, 7) is 0. The fraction of sp³-hybridized carbons (Fsp3) is 0.0526. The molecule has 0 radical (unpaired) electrons. The molecule has 0 aliphatic heterocycles. The number of ether oxygens (including phenoxy) is 1. The minimum Gasteiger partial charge on any atom is -0.456 e. The van der Waals surface area contributed by atoms with E-state index in [1.54, 1.807) is 42.5 Å². The Morgan fingerprint density at radius 3 is 2.52 bits per heavy atom. The number of anilines is 1. The van der Waals surface area contributed by atoms with Gasteiger partial charge >= 0.3 is 6.18 Å². The molecule has 8 heteroatoms. The van der Waals surface area contributed by atoms with Crippen LogP contribution in [0.1, 0.15) is 15.9 Å². The van der Waals surface area contributed by atoms with E-state index in [0.29, 0.717) is 11.3 Å². The highest BCUT2D eigenvalue weighted by atomic mass is 79.9. The monoisotopic (exact) mass is 436 g/mol. The van der Waals surface area contributed by atoms with Crippen LogP contribution in [-0.2, 0) is 6.18 Å². The van der Waals surface area contributed by atoms with Crippen molar-refractivity contribution >= 4 is 27.5 Å². The maximum Gasteiger partial charge on any atom is 0.418 e. The fourth-order valence-electron chi connectivity index (χ4n) is 2.24.